The maximum absolute atomic E-state index is 11.9. The number of carbonyl (C=O) groups is 2. The Bertz CT molecular complexity index is 881. The summed E-state index contributed by atoms with van der Waals surface area (Å²) in [6.07, 6.45) is 4.46. The minimum atomic E-state index is -0.640. The number of benzene rings is 1. The number of ether oxygens (including phenoxy) is 1. The van der Waals surface area contributed by atoms with E-state index in [9.17, 15) is 9.59 Å². The summed E-state index contributed by atoms with van der Waals surface area (Å²) in [5.74, 6) is 0.346. The summed E-state index contributed by atoms with van der Waals surface area (Å²) in [4.78, 5) is 27.8. The number of hydrogen-bond acceptors (Lipinski definition) is 5. The number of rotatable bonds is 7. The molecule has 2 N–H and O–H groups in total. The van der Waals surface area contributed by atoms with Crippen molar-refractivity contribution in [2.45, 2.75) is 13.2 Å². The Hall–Kier alpha value is -3.68. The Morgan fingerprint density at radius 1 is 1.00 bits per heavy atom. The second-order valence-corrected chi connectivity index (χ2v) is 5.66. The van der Waals surface area contributed by atoms with Gasteiger partial charge in [0, 0.05) is 25.1 Å². The van der Waals surface area contributed by atoms with E-state index in [0.29, 0.717) is 12.4 Å². The van der Waals surface area contributed by atoms with E-state index < -0.39 is 6.09 Å². The van der Waals surface area contributed by atoms with Gasteiger partial charge in [-0.3, -0.25) is 4.79 Å². The number of pyridine rings is 1. The van der Waals surface area contributed by atoms with Crippen LogP contribution in [-0.4, -0.2) is 33.3 Å². The van der Waals surface area contributed by atoms with Crippen LogP contribution < -0.4 is 10.6 Å². The van der Waals surface area contributed by atoms with E-state index in [2.05, 4.69) is 20.7 Å². The maximum Gasteiger partial charge on any atom is 0.407 e. The molecule has 0 unspecified atom stereocenters. The first-order valence-corrected chi connectivity index (χ1v) is 8.37. The van der Waals surface area contributed by atoms with Crippen molar-refractivity contribution in [2.75, 3.05) is 6.54 Å². The van der Waals surface area contributed by atoms with Gasteiger partial charge in [0.25, 0.3) is 0 Å². The fraction of sp³-hybridized carbons (Fsp3) is 0.158. The number of amides is 2. The standard InChI is InChI=1S/C19H19N5O3/c25-18(13-22-19(26)27-14-15-5-2-1-3-6-15)21-12-16-7-9-20-17(11-16)24-10-4-8-23-24/h1-11H,12-14H2,(H,21,25)(H,22,26). The average molecular weight is 365 g/mol. The first kappa shape index (κ1) is 18.1. The molecule has 0 saturated carbocycles. The molecule has 0 fully saturated rings. The summed E-state index contributed by atoms with van der Waals surface area (Å²) in [6.45, 7) is 0.308. The molecule has 0 saturated heterocycles. The molecule has 3 rings (SSSR count). The number of hydrogen-bond donors (Lipinski definition) is 2. The van der Waals surface area contributed by atoms with Gasteiger partial charge in [0.1, 0.15) is 13.2 Å². The van der Waals surface area contributed by atoms with E-state index in [1.54, 1.807) is 35.4 Å². The summed E-state index contributed by atoms with van der Waals surface area (Å²) >= 11 is 0. The lowest BCUT2D eigenvalue weighted by Gasteiger charge is -2.09. The van der Waals surface area contributed by atoms with Crippen LogP contribution in [0.25, 0.3) is 5.82 Å². The molecular formula is C19H19N5O3. The third kappa shape index (κ3) is 5.67. The van der Waals surface area contributed by atoms with Crippen LogP contribution in [0.15, 0.2) is 67.1 Å². The van der Waals surface area contributed by atoms with Crippen LogP contribution in [0.2, 0.25) is 0 Å². The highest BCUT2D eigenvalue weighted by atomic mass is 16.5. The maximum atomic E-state index is 11.9. The Labute approximate surface area is 156 Å². The molecule has 0 atom stereocenters. The molecule has 1 aromatic carbocycles. The molecule has 0 aliphatic carbocycles. The molecule has 0 spiro atoms. The number of aromatic nitrogens is 3. The van der Waals surface area contributed by atoms with Gasteiger partial charge in [-0.1, -0.05) is 30.3 Å². The van der Waals surface area contributed by atoms with Crippen LogP contribution in [0, 0.1) is 0 Å². The predicted octanol–water partition coefficient (Wildman–Crippen LogP) is 1.81. The fourth-order valence-electron chi connectivity index (χ4n) is 2.29. The lowest BCUT2D eigenvalue weighted by atomic mass is 10.2. The van der Waals surface area contributed by atoms with Crippen molar-refractivity contribution in [3.8, 4) is 5.82 Å². The number of nitrogens with zero attached hydrogens (tertiary/aromatic N) is 3. The molecule has 0 aliphatic heterocycles. The molecule has 0 bridgehead atoms. The summed E-state index contributed by atoms with van der Waals surface area (Å²) < 4.78 is 6.68. The van der Waals surface area contributed by atoms with Crippen LogP contribution in [0.5, 0.6) is 0 Å². The predicted molar refractivity (Wildman–Crippen MR) is 97.8 cm³/mol. The molecule has 2 aromatic heterocycles. The second-order valence-electron chi connectivity index (χ2n) is 5.66. The Morgan fingerprint density at radius 3 is 2.63 bits per heavy atom. The molecule has 138 valence electrons. The zero-order chi connectivity index (χ0) is 18.9. The Balaban J connectivity index is 1.39. The van der Waals surface area contributed by atoms with E-state index in [0.717, 1.165) is 11.1 Å². The van der Waals surface area contributed by atoms with Crippen LogP contribution in [0.1, 0.15) is 11.1 Å². The minimum Gasteiger partial charge on any atom is -0.445 e. The van der Waals surface area contributed by atoms with Crippen molar-refractivity contribution in [1.29, 1.82) is 0 Å². The minimum absolute atomic E-state index is 0.154. The van der Waals surface area contributed by atoms with Gasteiger partial charge in [0.2, 0.25) is 5.91 Å². The van der Waals surface area contributed by atoms with Gasteiger partial charge in [-0.15, -0.1) is 0 Å². The van der Waals surface area contributed by atoms with Gasteiger partial charge in [0.05, 0.1) is 0 Å². The van der Waals surface area contributed by atoms with Crippen molar-refractivity contribution < 1.29 is 14.3 Å². The zero-order valence-electron chi connectivity index (χ0n) is 14.5. The summed E-state index contributed by atoms with van der Waals surface area (Å²) in [5.41, 5.74) is 1.75. The van der Waals surface area contributed by atoms with Crippen molar-refractivity contribution >= 4 is 12.0 Å². The third-order valence-electron chi connectivity index (χ3n) is 3.64. The van der Waals surface area contributed by atoms with Gasteiger partial charge in [-0.05, 0) is 29.3 Å². The number of alkyl carbamates (subject to hydrolysis) is 1. The smallest absolute Gasteiger partial charge is 0.407 e. The van der Waals surface area contributed by atoms with Crippen molar-refractivity contribution in [2.24, 2.45) is 0 Å². The molecule has 27 heavy (non-hydrogen) atoms. The van der Waals surface area contributed by atoms with Crippen LogP contribution >= 0.6 is 0 Å². The molecule has 0 aliphatic rings. The topological polar surface area (TPSA) is 98.1 Å². The van der Waals surface area contributed by atoms with Gasteiger partial charge < -0.3 is 15.4 Å². The summed E-state index contributed by atoms with van der Waals surface area (Å²) in [7, 11) is 0. The van der Waals surface area contributed by atoms with Crippen LogP contribution in [0.4, 0.5) is 4.79 Å². The van der Waals surface area contributed by atoms with Crippen molar-refractivity contribution in [3.05, 3.63) is 78.2 Å². The van der Waals surface area contributed by atoms with E-state index in [1.807, 2.05) is 36.4 Å². The highest BCUT2D eigenvalue weighted by Gasteiger charge is 2.07. The van der Waals surface area contributed by atoms with Gasteiger partial charge >= 0.3 is 6.09 Å². The summed E-state index contributed by atoms with van der Waals surface area (Å²) in [5, 5.41) is 9.27. The number of carbonyl (C=O) groups excluding carboxylic acids is 2. The highest BCUT2D eigenvalue weighted by molar-refractivity contribution is 5.82. The highest BCUT2D eigenvalue weighted by Crippen LogP contribution is 2.06. The molecule has 0 radical (unpaired) electrons. The van der Waals surface area contributed by atoms with Crippen LogP contribution in [-0.2, 0) is 22.7 Å². The van der Waals surface area contributed by atoms with E-state index in [1.165, 1.54) is 0 Å². The lowest BCUT2D eigenvalue weighted by Crippen LogP contribution is -2.36. The van der Waals surface area contributed by atoms with Gasteiger partial charge in [0.15, 0.2) is 5.82 Å². The molecule has 8 nitrogen and oxygen atoms in total. The second kappa shape index (κ2) is 9.14. The van der Waals surface area contributed by atoms with Crippen molar-refractivity contribution in [3.63, 3.8) is 0 Å². The quantitative estimate of drug-likeness (QED) is 0.665. The summed E-state index contributed by atoms with van der Waals surface area (Å²) in [6, 6.07) is 14.7. The molecular weight excluding hydrogens is 346 g/mol. The lowest BCUT2D eigenvalue weighted by molar-refractivity contribution is -0.120. The van der Waals surface area contributed by atoms with Crippen LogP contribution in [0.3, 0.4) is 0 Å². The average Bonchev–Trinajstić information content (AvgIpc) is 3.25. The first-order chi connectivity index (χ1) is 13.2. The molecule has 2 heterocycles. The van der Waals surface area contributed by atoms with E-state index in [4.69, 9.17) is 4.74 Å². The van der Waals surface area contributed by atoms with Gasteiger partial charge in [-0.25, -0.2) is 14.5 Å². The molecule has 8 heteroatoms. The molecule has 3 aromatic rings. The normalized spacial score (nSPS) is 10.2. The SMILES string of the molecule is O=C(CNC(=O)OCc1ccccc1)NCc1ccnc(-n2cccn2)c1. The zero-order valence-corrected chi connectivity index (χ0v) is 14.5. The Kier molecular flexibility index (Phi) is 6.13. The fourth-order valence-corrected chi connectivity index (χ4v) is 2.29. The van der Waals surface area contributed by atoms with E-state index >= 15 is 0 Å². The first-order valence-electron chi connectivity index (χ1n) is 8.37. The third-order valence-corrected chi connectivity index (χ3v) is 3.64. The largest absolute Gasteiger partial charge is 0.445 e. The van der Waals surface area contributed by atoms with Gasteiger partial charge in [-0.2, -0.15) is 5.10 Å². The number of nitrogens with one attached hydrogen (secondary N) is 2. The molecule has 2 amide bonds. The Morgan fingerprint density at radius 2 is 1.85 bits per heavy atom. The monoisotopic (exact) mass is 365 g/mol. The van der Waals surface area contributed by atoms with E-state index in [-0.39, 0.29) is 19.1 Å². The van der Waals surface area contributed by atoms with Crippen molar-refractivity contribution in [1.82, 2.24) is 25.4 Å².